The van der Waals surface area contributed by atoms with Crippen molar-refractivity contribution in [3.05, 3.63) is 35.7 Å². The van der Waals surface area contributed by atoms with Gasteiger partial charge in [-0.2, -0.15) is 10.4 Å². The Morgan fingerprint density at radius 3 is 2.89 bits per heavy atom. The quantitative estimate of drug-likeness (QED) is 0.761. The highest BCUT2D eigenvalue weighted by molar-refractivity contribution is 5.82. The van der Waals surface area contributed by atoms with Gasteiger partial charge >= 0.3 is 0 Å². The summed E-state index contributed by atoms with van der Waals surface area (Å²) in [5, 5.41) is 15.9. The number of fused-ring (bicyclic) bond motifs is 1. The van der Waals surface area contributed by atoms with Crippen LogP contribution >= 0.6 is 0 Å². The van der Waals surface area contributed by atoms with Crippen molar-refractivity contribution in [1.29, 1.82) is 5.26 Å². The van der Waals surface area contributed by atoms with Crippen molar-refractivity contribution < 1.29 is 0 Å². The molecule has 0 unspecified atom stereocenters. The molecule has 0 aliphatic rings. The number of nitriles is 1. The number of H-pyrrole nitrogens is 1. The van der Waals surface area contributed by atoms with E-state index in [1.54, 1.807) is 6.20 Å². The molecule has 0 aliphatic carbocycles. The van der Waals surface area contributed by atoms with Crippen molar-refractivity contribution in [2.75, 3.05) is 0 Å². The lowest BCUT2D eigenvalue weighted by atomic mass is 10.2. The standard InChI is InChI=1S/C14H13N5/c1-3-19-13-5-4-10(7-15)6-12(13)17-14(19)11-8-16-18-9(11)2/h4-6,8H,3H2,1-2H3,(H,16,18). The van der Waals surface area contributed by atoms with Crippen molar-refractivity contribution in [3.63, 3.8) is 0 Å². The summed E-state index contributed by atoms with van der Waals surface area (Å²) in [5.74, 6) is 0.888. The average Bonchev–Trinajstić information content (AvgIpc) is 3.00. The fourth-order valence-corrected chi connectivity index (χ4v) is 2.30. The van der Waals surface area contributed by atoms with Crippen molar-refractivity contribution >= 4 is 11.0 Å². The molecule has 0 fully saturated rings. The molecule has 2 heterocycles. The molecule has 3 rings (SSSR count). The Hall–Kier alpha value is -2.61. The van der Waals surface area contributed by atoms with E-state index in [1.165, 1.54) is 0 Å². The van der Waals surface area contributed by atoms with Crippen LogP contribution in [0.5, 0.6) is 0 Å². The van der Waals surface area contributed by atoms with Crippen LogP contribution in [0.25, 0.3) is 22.4 Å². The van der Waals surface area contributed by atoms with Crippen LogP contribution in [0, 0.1) is 18.3 Å². The van der Waals surface area contributed by atoms with Crippen LogP contribution in [-0.4, -0.2) is 19.7 Å². The zero-order chi connectivity index (χ0) is 13.4. The van der Waals surface area contributed by atoms with E-state index >= 15 is 0 Å². The van der Waals surface area contributed by atoms with Gasteiger partial charge in [0.2, 0.25) is 0 Å². The molecule has 3 aromatic rings. The largest absolute Gasteiger partial charge is 0.324 e. The van der Waals surface area contributed by atoms with Gasteiger partial charge in [0, 0.05) is 12.2 Å². The van der Waals surface area contributed by atoms with Crippen molar-refractivity contribution in [2.24, 2.45) is 0 Å². The van der Waals surface area contributed by atoms with Gasteiger partial charge in [0.15, 0.2) is 0 Å². The highest BCUT2D eigenvalue weighted by atomic mass is 15.1. The van der Waals surface area contributed by atoms with Gasteiger partial charge in [-0.05, 0) is 32.0 Å². The average molecular weight is 251 g/mol. The summed E-state index contributed by atoms with van der Waals surface area (Å²) in [6.07, 6.45) is 1.79. The van der Waals surface area contributed by atoms with E-state index in [2.05, 4.69) is 32.7 Å². The number of aromatic nitrogens is 4. The highest BCUT2D eigenvalue weighted by Gasteiger charge is 2.14. The predicted molar refractivity (Wildman–Crippen MR) is 72.4 cm³/mol. The lowest BCUT2D eigenvalue weighted by Crippen LogP contribution is -1.97. The maximum absolute atomic E-state index is 8.96. The van der Waals surface area contributed by atoms with Crippen LogP contribution in [0.3, 0.4) is 0 Å². The molecule has 0 radical (unpaired) electrons. The van der Waals surface area contributed by atoms with E-state index in [9.17, 15) is 0 Å². The van der Waals surface area contributed by atoms with E-state index in [4.69, 9.17) is 5.26 Å². The Bertz CT molecular complexity index is 788. The summed E-state index contributed by atoms with van der Waals surface area (Å²) in [6, 6.07) is 7.73. The third-order valence-electron chi connectivity index (χ3n) is 3.26. The van der Waals surface area contributed by atoms with Crippen LogP contribution < -0.4 is 0 Å². The number of imidazole rings is 1. The van der Waals surface area contributed by atoms with Gasteiger partial charge in [0.1, 0.15) is 5.82 Å². The number of hydrogen-bond acceptors (Lipinski definition) is 3. The van der Waals surface area contributed by atoms with Gasteiger partial charge in [-0.1, -0.05) is 0 Å². The predicted octanol–water partition coefficient (Wildman–Crippen LogP) is 2.63. The Balaban J connectivity index is 2.31. The maximum atomic E-state index is 8.96. The molecule has 0 atom stereocenters. The first-order valence-corrected chi connectivity index (χ1v) is 6.15. The smallest absolute Gasteiger partial charge is 0.144 e. The van der Waals surface area contributed by atoms with Crippen LogP contribution in [0.1, 0.15) is 18.2 Å². The fraction of sp³-hybridized carbons (Fsp3) is 0.214. The van der Waals surface area contributed by atoms with Crippen LogP contribution in [-0.2, 0) is 6.54 Å². The monoisotopic (exact) mass is 251 g/mol. The topological polar surface area (TPSA) is 70.3 Å². The molecule has 0 saturated carbocycles. The van der Waals surface area contributed by atoms with Crippen LogP contribution in [0.4, 0.5) is 0 Å². The van der Waals surface area contributed by atoms with Crippen LogP contribution in [0.15, 0.2) is 24.4 Å². The molecular weight excluding hydrogens is 238 g/mol. The molecule has 94 valence electrons. The third kappa shape index (κ3) is 1.69. The highest BCUT2D eigenvalue weighted by Crippen LogP contribution is 2.26. The first-order valence-electron chi connectivity index (χ1n) is 6.15. The van der Waals surface area contributed by atoms with Crippen molar-refractivity contribution in [3.8, 4) is 17.5 Å². The summed E-state index contributed by atoms with van der Waals surface area (Å²) in [4.78, 5) is 4.65. The zero-order valence-electron chi connectivity index (χ0n) is 10.8. The molecule has 1 aromatic carbocycles. The molecule has 2 aromatic heterocycles. The van der Waals surface area contributed by atoms with Gasteiger partial charge < -0.3 is 4.57 Å². The molecular formula is C14H13N5. The van der Waals surface area contributed by atoms with Gasteiger partial charge in [0.05, 0.1) is 34.4 Å². The van der Waals surface area contributed by atoms with E-state index < -0.39 is 0 Å². The third-order valence-corrected chi connectivity index (χ3v) is 3.26. The van der Waals surface area contributed by atoms with E-state index in [-0.39, 0.29) is 0 Å². The molecule has 0 bridgehead atoms. The van der Waals surface area contributed by atoms with Gasteiger partial charge in [-0.15, -0.1) is 0 Å². The second-order valence-corrected chi connectivity index (χ2v) is 4.40. The SMILES string of the molecule is CCn1c(-c2cn[nH]c2C)nc2cc(C#N)ccc21. The Morgan fingerprint density at radius 1 is 1.42 bits per heavy atom. The Morgan fingerprint density at radius 2 is 2.26 bits per heavy atom. The van der Waals surface area contributed by atoms with Gasteiger partial charge in [-0.25, -0.2) is 4.98 Å². The second-order valence-electron chi connectivity index (χ2n) is 4.40. The molecule has 1 N–H and O–H groups in total. The minimum atomic E-state index is 0.628. The first kappa shape index (κ1) is 11.5. The first-order chi connectivity index (χ1) is 9.24. The summed E-state index contributed by atoms with van der Waals surface area (Å²) in [7, 11) is 0. The number of rotatable bonds is 2. The molecule has 0 spiro atoms. The lowest BCUT2D eigenvalue weighted by Gasteiger charge is -2.04. The van der Waals surface area contributed by atoms with Crippen molar-refractivity contribution in [2.45, 2.75) is 20.4 Å². The van der Waals surface area contributed by atoms with Crippen molar-refractivity contribution in [1.82, 2.24) is 19.7 Å². The van der Waals surface area contributed by atoms with Crippen LogP contribution in [0.2, 0.25) is 0 Å². The zero-order valence-corrected chi connectivity index (χ0v) is 10.8. The molecule has 5 nitrogen and oxygen atoms in total. The number of aromatic amines is 1. The Kier molecular flexibility index (Phi) is 2.57. The summed E-state index contributed by atoms with van der Waals surface area (Å²) in [6.45, 7) is 4.88. The summed E-state index contributed by atoms with van der Waals surface area (Å²) < 4.78 is 2.13. The van der Waals surface area contributed by atoms with E-state index in [1.807, 2.05) is 25.1 Å². The van der Waals surface area contributed by atoms with E-state index in [0.717, 1.165) is 34.7 Å². The Labute approximate surface area is 110 Å². The van der Waals surface area contributed by atoms with Gasteiger partial charge in [0.25, 0.3) is 0 Å². The number of nitrogens with zero attached hydrogens (tertiary/aromatic N) is 4. The summed E-state index contributed by atoms with van der Waals surface area (Å²) in [5.41, 5.74) is 4.50. The minimum Gasteiger partial charge on any atom is -0.324 e. The van der Waals surface area contributed by atoms with Gasteiger partial charge in [-0.3, -0.25) is 5.10 Å². The van der Waals surface area contributed by atoms with E-state index in [0.29, 0.717) is 5.56 Å². The fourth-order valence-electron chi connectivity index (χ4n) is 2.30. The molecule has 5 heteroatoms. The molecule has 19 heavy (non-hydrogen) atoms. The molecule has 0 aliphatic heterocycles. The maximum Gasteiger partial charge on any atom is 0.144 e. The second kappa shape index (κ2) is 4.25. The number of benzene rings is 1. The normalized spacial score (nSPS) is 10.8. The summed E-state index contributed by atoms with van der Waals surface area (Å²) >= 11 is 0. The number of hydrogen-bond donors (Lipinski definition) is 1. The lowest BCUT2D eigenvalue weighted by molar-refractivity contribution is 0.796. The minimum absolute atomic E-state index is 0.628. The number of aryl methyl sites for hydroxylation is 2. The molecule has 0 saturated heterocycles. The molecule has 0 amide bonds. The number of nitrogens with one attached hydrogen (secondary N) is 1.